The molecule has 0 aliphatic heterocycles. The zero-order valence-corrected chi connectivity index (χ0v) is 13.5. The molecule has 2 N–H and O–H groups in total. The fraction of sp³-hybridized carbons (Fsp3) is 0.250. The number of rotatable bonds is 4. The van der Waals surface area contributed by atoms with Gasteiger partial charge >= 0.3 is 0 Å². The van der Waals surface area contributed by atoms with Gasteiger partial charge in [0.05, 0.1) is 11.4 Å². The zero-order chi connectivity index (χ0) is 13.8. The molecular formula is C16H19IN2. The Balaban J connectivity index is 2.28. The van der Waals surface area contributed by atoms with E-state index >= 15 is 0 Å². The van der Waals surface area contributed by atoms with Crippen molar-refractivity contribution < 1.29 is 0 Å². The highest BCUT2D eigenvalue weighted by atomic mass is 127. The summed E-state index contributed by atoms with van der Waals surface area (Å²) in [5.74, 6) is 0. The van der Waals surface area contributed by atoms with Crippen LogP contribution in [0.1, 0.15) is 18.1 Å². The van der Waals surface area contributed by atoms with E-state index in [1.807, 2.05) is 6.07 Å². The van der Waals surface area contributed by atoms with Crippen LogP contribution in [0.15, 0.2) is 42.5 Å². The lowest BCUT2D eigenvalue weighted by atomic mass is 10.1. The lowest BCUT2D eigenvalue weighted by Gasteiger charge is -2.25. The second-order valence-corrected chi connectivity index (χ2v) is 5.89. The Bertz CT molecular complexity index is 566. The number of nitrogen functional groups attached to an aromatic ring is 1. The first-order chi connectivity index (χ1) is 9.11. The van der Waals surface area contributed by atoms with Crippen molar-refractivity contribution >= 4 is 34.0 Å². The van der Waals surface area contributed by atoms with E-state index in [0.717, 1.165) is 24.5 Å². The maximum atomic E-state index is 6.14. The van der Waals surface area contributed by atoms with E-state index in [9.17, 15) is 0 Å². The van der Waals surface area contributed by atoms with Gasteiger partial charge in [0, 0.05) is 16.7 Å². The van der Waals surface area contributed by atoms with E-state index in [0.29, 0.717) is 0 Å². The average Bonchev–Trinajstić information content (AvgIpc) is 2.39. The normalized spacial score (nSPS) is 10.5. The van der Waals surface area contributed by atoms with E-state index in [1.54, 1.807) is 0 Å². The topological polar surface area (TPSA) is 29.3 Å². The third-order valence-electron chi connectivity index (χ3n) is 3.33. The third-order valence-corrected chi connectivity index (χ3v) is 4.01. The summed E-state index contributed by atoms with van der Waals surface area (Å²) < 4.78 is 1.17. The predicted molar refractivity (Wildman–Crippen MR) is 91.5 cm³/mol. The molecule has 0 unspecified atom stereocenters. The molecule has 0 aromatic heterocycles. The van der Waals surface area contributed by atoms with Crippen LogP contribution in [0.4, 0.5) is 11.4 Å². The van der Waals surface area contributed by atoms with E-state index in [2.05, 4.69) is 77.7 Å². The molecule has 0 fully saturated rings. The maximum absolute atomic E-state index is 6.14. The van der Waals surface area contributed by atoms with Gasteiger partial charge in [-0.25, -0.2) is 0 Å². The van der Waals surface area contributed by atoms with Crippen molar-refractivity contribution in [2.75, 3.05) is 17.2 Å². The molecule has 0 amide bonds. The number of hydrogen-bond acceptors (Lipinski definition) is 2. The van der Waals surface area contributed by atoms with Crippen molar-refractivity contribution in [3.8, 4) is 0 Å². The zero-order valence-electron chi connectivity index (χ0n) is 11.4. The van der Waals surface area contributed by atoms with Crippen LogP contribution in [0.3, 0.4) is 0 Å². The number of hydrogen-bond donors (Lipinski definition) is 1. The molecule has 3 heteroatoms. The molecule has 2 rings (SSSR count). The second kappa shape index (κ2) is 6.28. The Morgan fingerprint density at radius 1 is 1.16 bits per heavy atom. The minimum absolute atomic E-state index is 0.849. The van der Waals surface area contributed by atoms with Crippen LogP contribution < -0.4 is 10.6 Å². The van der Waals surface area contributed by atoms with Crippen LogP contribution in [0.2, 0.25) is 0 Å². The number of nitrogens with zero attached hydrogens (tertiary/aromatic N) is 1. The van der Waals surface area contributed by atoms with Crippen LogP contribution in [0, 0.1) is 10.5 Å². The fourth-order valence-electron chi connectivity index (χ4n) is 2.17. The molecule has 0 saturated heterocycles. The molecule has 19 heavy (non-hydrogen) atoms. The Morgan fingerprint density at radius 2 is 1.89 bits per heavy atom. The van der Waals surface area contributed by atoms with Crippen molar-refractivity contribution in [1.82, 2.24) is 0 Å². The van der Waals surface area contributed by atoms with Crippen LogP contribution in [-0.4, -0.2) is 6.54 Å². The summed E-state index contributed by atoms with van der Waals surface area (Å²) in [4.78, 5) is 2.31. The summed E-state index contributed by atoms with van der Waals surface area (Å²) in [6, 6.07) is 14.7. The third kappa shape index (κ3) is 3.41. The first-order valence-corrected chi connectivity index (χ1v) is 7.54. The van der Waals surface area contributed by atoms with Crippen molar-refractivity contribution in [3.63, 3.8) is 0 Å². The van der Waals surface area contributed by atoms with Crippen LogP contribution in [0.5, 0.6) is 0 Å². The Kier molecular flexibility index (Phi) is 4.69. The standard InChI is InChI=1S/C16H19IN2/c1-3-19(11-13-7-5-4-6-12(13)2)16-9-8-14(17)10-15(16)18/h4-10H,3,11,18H2,1-2H3. The number of aryl methyl sites for hydroxylation is 1. The van der Waals surface area contributed by atoms with Gasteiger partial charge in [-0.2, -0.15) is 0 Å². The number of benzene rings is 2. The SMILES string of the molecule is CCN(Cc1ccccc1C)c1ccc(I)cc1N. The van der Waals surface area contributed by atoms with Gasteiger partial charge in [0.1, 0.15) is 0 Å². The summed E-state index contributed by atoms with van der Waals surface area (Å²) in [5, 5.41) is 0. The van der Waals surface area contributed by atoms with Gasteiger partial charge in [-0.1, -0.05) is 24.3 Å². The quantitative estimate of drug-likeness (QED) is 0.649. The van der Waals surface area contributed by atoms with Crippen molar-refractivity contribution in [2.45, 2.75) is 20.4 Å². The summed E-state index contributed by atoms with van der Waals surface area (Å²) in [6.07, 6.45) is 0. The maximum Gasteiger partial charge on any atom is 0.0603 e. The molecule has 0 aliphatic rings. The molecule has 2 aromatic rings. The van der Waals surface area contributed by atoms with Gasteiger partial charge in [-0.3, -0.25) is 0 Å². The predicted octanol–water partition coefficient (Wildman–Crippen LogP) is 4.21. The summed E-state index contributed by atoms with van der Waals surface area (Å²) in [5.41, 5.74) is 10.8. The Hall–Kier alpha value is -1.23. The van der Waals surface area contributed by atoms with Gasteiger partial charge < -0.3 is 10.6 Å². The largest absolute Gasteiger partial charge is 0.397 e. The van der Waals surface area contributed by atoms with E-state index in [-0.39, 0.29) is 0 Å². The average molecular weight is 366 g/mol. The molecule has 0 radical (unpaired) electrons. The minimum atomic E-state index is 0.849. The monoisotopic (exact) mass is 366 g/mol. The molecule has 2 aromatic carbocycles. The van der Waals surface area contributed by atoms with Crippen molar-refractivity contribution in [2.24, 2.45) is 0 Å². The number of halogens is 1. The Morgan fingerprint density at radius 3 is 2.53 bits per heavy atom. The molecule has 100 valence electrons. The summed E-state index contributed by atoms with van der Waals surface area (Å²) in [7, 11) is 0. The first kappa shape index (κ1) is 14.2. The molecule has 0 heterocycles. The molecule has 0 spiro atoms. The van der Waals surface area contributed by atoms with E-state index in [1.165, 1.54) is 14.7 Å². The lowest BCUT2D eigenvalue weighted by Crippen LogP contribution is -2.23. The van der Waals surface area contributed by atoms with Gasteiger partial charge in [0.25, 0.3) is 0 Å². The van der Waals surface area contributed by atoms with Crippen LogP contribution in [-0.2, 0) is 6.54 Å². The number of nitrogens with two attached hydrogens (primary N) is 1. The highest BCUT2D eigenvalue weighted by Gasteiger charge is 2.10. The van der Waals surface area contributed by atoms with Gasteiger partial charge in [0.2, 0.25) is 0 Å². The molecule has 0 bridgehead atoms. The molecule has 2 nitrogen and oxygen atoms in total. The van der Waals surface area contributed by atoms with Crippen molar-refractivity contribution in [1.29, 1.82) is 0 Å². The van der Waals surface area contributed by atoms with E-state index in [4.69, 9.17) is 5.73 Å². The van der Waals surface area contributed by atoms with Gasteiger partial charge in [0.15, 0.2) is 0 Å². The Labute approximate surface area is 128 Å². The lowest BCUT2D eigenvalue weighted by molar-refractivity contribution is 0.828. The molecular weight excluding hydrogens is 347 g/mol. The van der Waals surface area contributed by atoms with Crippen molar-refractivity contribution in [3.05, 3.63) is 57.2 Å². The first-order valence-electron chi connectivity index (χ1n) is 6.46. The molecule has 0 aliphatic carbocycles. The van der Waals surface area contributed by atoms with Crippen LogP contribution in [0.25, 0.3) is 0 Å². The summed E-state index contributed by atoms with van der Waals surface area (Å²) in [6.45, 7) is 6.16. The highest BCUT2D eigenvalue weighted by Crippen LogP contribution is 2.26. The van der Waals surface area contributed by atoms with Crippen LogP contribution >= 0.6 is 22.6 Å². The van der Waals surface area contributed by atoms with E-state index < -0.39 is 0 Å². The molecule has 0 atom stereocenters. The smallest absolute Gasteiger partial charge is 0.0603 e. The number of anilines is 2. The highest BCUT2D eigenvalue weighted by molar-refractivity contribution is 14.1. The summed E-state index contributed by atoms with van der Waals surface area (Å²) >= 11 is 2.29. The second-order valence-electron chi connectivity index (χ2n) is 4.64. The fourth-order valence-corrected chi connectivity index (χ4v) is 2.69. The molecule has 0 saturated carbocycles. The van der Waals surface area contributed by atoms with Gasteiger partial charge in [-0.05, 0) is 65.8 Å². The minimum Gasteiger partial charge on any atom is -0.397 e. The van der Waals surface area contributed by atoms with Gasteiger partial charge in [-0.15, -0.1) is 0 Å².